The summed E-state index contributed by atoms with van der Waals surface area (Å²) in [6.07, 6.45) is 0.212. The third kappa shape index (κ3) is 2.14. The van der Waals surface area contributed by atoms with Crippen LogP contribution in [0.1, 0.15) is 24.3 Å². The Kier molecular flexibility index (Phi) is 2.98. The number of hydrogen-bond acceptors (Lipinski definition) is 6. The van der Waals surface area contributed by atoms with Crippen molar-refractivity contribution in [2.75, 3.05) is 5.75 Å². The van der Waals surface area contributed by atoms with Crippen molar-refractivity contribution in [1.82, 2.24) is 9.55 Å². The van der Waals surface area contributed by atoms with E-state index < -0.39 is 6.10 Å². The van der Waals surface area contributed by atoms with Crippen LogP contribution in [0.2, 0.25) is 0 Å². The molecule has 0 amide bonds. The van der Waals surface area contributed by atoms with E-state index in [1.807, 2.05) is 18.4 Å². The summed E-state index contributed by atoms with van der Waals surface area (Å²) >= 11 is 3.06. The molecule has 5 nitrogen and oxygen atoms in total. The number of hydrogen-bond donors (Lipinski definition) is 1. The fraction of sp³-hybridized carbons (Fsp3) is 0.571. The third-order valence-electron chi connectivity index (χ3n) is 3.94. The number of thioether (sulfide) groups is 1. The van der Waals surface area contributed by atoms with Crippen LogP contribution in [0.3, 0.4) is 0 Å². The van der Waals surface area contributed by atoms with E-state index in [2.05, 4.69) is 4.98 Å². The maximum absolute atomic E-state index is 12.9. The molecule has 1 unspecified atom stereocenters. The van der Waals surface area contributed by atoms with Crippen molar-refractivity contribution >= 4 is 33.4 Å². The highest BCUT2D eigenvalue weighted by atomic mass is 32.2. The number of fused-ring (bicyclic) bond motifs is 4. The number of imidazole rings is 1. The van der Waals surface area contributed by atoms with Gasteiger partial charge in [0.2, 0.25) is 5.43 Å². The molecule has 0 spiro atoms. The summed E-state index contributed by atoms with van der Waals surface area (Å²) in [6.45, 7) is 4.96. The third-order valence-corrected chi connectivity index (χ3v) is 6.15. The van der Waals surface area contributed by atoms with E-state index in [-0.39, 0.29) is 11.0 Å². The molecule has 0 bridgehead atoms. The highest BCUT2D eigenvalue weighted by Crippen LogP contribution is 2.34. The van der Waals surface area contributed by atoms with Gasteiger partial charge in [-0.3, -0.25) is 4.79 Å². The van der Waals surface area contributed by atoms with Crippen molar-refractivity contribution in [2.24, 2.45) is 0 Å². The second-order valence-corrected chi connectivity index (χ2v) is 8.25. The number of nitrogens with zero attached hydrogens (tertiary/aromatic N) is 2. The quantitative estimate of drug-likeness (QED) is 0.800. The maximum Gasteiger partial charge on any atom is 0.209 e. The van der Waals surface area contributed by atoms with Crippen molar-refractivity contribution in [3.05, 3.63) is 20.7 Å². The lowest BCUT2D eigenvalue weighted by Gasteiger charge is -2.30. The standard InChI is InChI=1S/C14H16N2O3S2/c1-14(2)3-8-9(5-19-14)21-12-10(11(8)18)16-4-7(17)6-20-13(16)15-12/h7,17H,3-6H2,1-2H3. The number of rotatable bonds is 0. The lowest BCUT2D eigenvalue weighted by Crippen LogP contribution is -2.35. The summed E-state index contributed by atoms with van der Waals surface area (Å²) in [6, 6.07) is 0. The highest BCUT2D eigenvalue weighted by Gasteiger charge is 2.31. The van der Waals surface area contributed by atoms with Crippen molar-refractivity contribution in [3.63, 3.8) is 0 Å². The average molecular weight is 324 g/mol. The summed E-state index contributed by atoms with van der Waals surface area (Å²) in [5.74, 6) is 0.637. The van der Waals surface area contributed by atoms with E-state index >= 15 is 0 Å². The van der Waals surface area contributed by atoms with Gasteiger partial charge in [-0.2, -0.15) is 0 Å². The number of aliphatic hydroxyl groups is 1. The van der Waals surface area contributed by atoms with E-state index in [0.29, 0.717) is 30.8 Å². The predicted octanol–water partition coefficient (Wildman–Crippen LogP) is 1.78. The molecule has 2 aromatic rings. The molecule has 1 atom stereocenters. The normalized spacial score (nSPS) is 23.9. The van der Waals surface area contributed by atoms with E-state index in [4.69, 9.17) is 4.74 Å². The zero-order valence-corrected chi connectivity index (χ0v) is 13.5. The van der Waals surface area contributed by atoms with Crippen molar-refractivity contribution in [1.29, 1.82) is 0 Å². The van der Waals surface area contributed by atoms with Gasteiger partial charge in [0, 0.05) is 22.6 Å². The Bertz CT molecular complexity index is 794. The first kappa shape index (κ1) is 13.8. The Morgan fingerprint density at radius 1 is 1.48 bits per heavy atom. The van der Waals surface area contributed by atoms with Gasteiger partial charge in [0.15, 0.2) is 5.16 Å². The molecule has 2 aliphatic rings. The summed E-state index contributed by atoms with van der Waals surface area (Å²) in [7, 11) is 0. The van der Waals surface area contributed by atoms with Crippen molar-refractivity contribution < 1.29 is 9.84 Å². The number of aromatic nitrogens is 2. The van der Waals surface area contributed by atoms with Gasteiger partial charge in [0.25, 0.3) is 0 Å². The lowest BCUT2D eigenvalue weighted by molar-refractivity contribution is -0.0386. The SMILES string of the molecule is CC1(C)Cc2c(sc3nc4n(c3c2=O)CC(O)CS4)CO1. The van der Waals surface area contributed by atoms with Gasteiger partial charge >= 0.3 is 0 Å². The summed E-state index contributed by atoms with van der Waals surface area (Å²) in [4.78, 5) is 19.2. The Hall–Kier alpha value is -0.890. The van der Waals surface area contributed by atoms with Gasteiger partial charge in [-0.25, -0.2) is 4.98 Å². The van der Waals surface area contributed by atoms with Crippen LogP contribution >= 0.6 is 23.1 Å². The molecule has 0 radical (unpaired) electrons. The van der Waals surface area contributed by atoms with Crippen LogP contribution in [0.25, 0.3) is 10.3 Å². The average Bonchev–Trinajstić information content (AvgIpc) is 2.77. The van der Waals surface area contributed by atoms with Crippen LogP contribution in [0, 0.1) is 0 Å². The van der Waals surface area contributed by atoms with E-state index in [0.717, 1.165) is 20.4 Å². The van der Waals surface area contributed by atoms with Gasteiger partial charge in [-0.05, 0) is 13.8 Å². The highest BCUT2D eigenvalue weighted by molar-refractivity contribution is 7.99. The molecular weight excluding hydrogens is 308 g/mol. The van der Waals surface area contributed by atoms with Gasteiger partial charge in [0.05, 0.1) is 24.9 Å². The van der Waals surface area contributed by atoms with Crippen LogP contribution < -0.4 is 5.43 Å². The smallest absolute Gasteiger partial charge is 0.209 e. The number of ether oxygens (including phenoxy) is 1. The van der Waals surface area contributed by atoms with Crippen molar-refractivity contribution in [2.45, 2.75) is 50.3 Å². The number of aliphatic hydroxyl groups excluding tert-OH is 1. The predicted molar refractivity (Wildman–Crippen MR) is 83.2 cm³/mol. The molecule has 4 heterocycles. The molecule has 4 rings (SSSR count). The van der Waals surface area contributed by atoms with Gasteiger partial charge in [-0.1, -0.05) is 11.8 Å². The molecule has 0 fully saturated rings. The molecule has 0 aliphatic carbocycles. The topological polar surface area (TPSA) is 64.4 Å². The Morgan fingerprint density at radius 2 is 2.29 bits per heavy atom. The molecule has 2 aromatic heterocycles. The molecule has 112 valence electrons. The first-order valence-corrected chi connectivity index (χ1v) is 8.75. The molecule has 21 heavy (non-hydrogen) atoms. The zero-order chi connectivity index (χ0) is 14.8. The van der Waals surface area contributed by atoms with E-state index in [9.17, 15) is 9.90 Å². The van der Waals surface area contributed by atoms with Gasteiger partial charge in [-0.15, -0.1) is 11.3 Å². The van der Waals surface area contributed by atoms with Crippen LogP contribution in [0.5, 0.6) is 0 Å². The zero-order valence-electron chi connectivity index (χ0n) is 11.9. The molecule has 2 aliphatic heterocycles. The molecule has 0 saturated carbocycles. The largest absolute Gasteiger partial charge is 0.390 e. The van der Waals surface area contributed by atoms with Crippen LogP contribution in [-0.2, 0) is 24.3 Å². The first-order chi connectivity index (χ1) is 9.94. The monoisotopic (exact) mass is 324 g/mol. The Morgan fingerprint density at radius 3 is 3.10 bits per heavy atom. The minimum absolute atomic E-state index is 0.0589. The molecule has 7 heteroatoms. The Balaban J connectivity index is 1.97. The second-order valence-electron chi connectivity index (χ2n) is 6.18. The van der Waals surface area contributed by atoms with Gasteiger partial charge in [0.1, 0.15) is 10.3 Å². The fourth-order valence-corrected chi connectivity index (χ4v) is 4.95. The van der Waals surface area contributed by atoms with E-state index in [1.54, 1.807) is 11.3 Å². The molecular formula is C14H16N2O3S2. The first-order valence-electron chi connectivity index (χ1n) is 6.94. The molecule has 0 saturated heterocycles. The summed E-state index contributed by atoms with van der Waals surface area (Å²) in [5, 5.41) is 10.7. The summed E-state index contributed by atoms with van der Waals surface area (Å²) < 4.78 is 7.69. The minimum Gasteiger partial charge on any atom is -0.390 e. The maximum atomic E-state index is 12.9. The Labute approximate surface area is 130 Å². The molecule has 0 aromatic carbocycles. The van der Waals surface area contributed by atoms with Crippen LogP contribution in [-0.4, -0.2) is 32.1 Å². The van der Waals surface area contributed by atoms with Gasteiger partial charge < -0.3 is 14.4 Å². The fourth-order valence-electron chi connectivity index (χ4n) is 2.90. The minimum atomic E-state index is -0.417. The van der Waals surface area contributed by atoms with E-state index in [1.165, 1.54) is 11.8 Å². The lowest BCUT2D eigenvalue weighted by atomic mass is 9.95. The van der Waals surface area contributed by atoms with Crippen LogP contribution in [0.15, 0.2) is 9.95 Å². The van der Waals surface area contributed by atoms with Crippen LogP contribution in [0.4, 0.5) is 0 Å². The van der Waals surface area contributed by atoms with Crippen molar-refractivity contribution in [3.8, 4) is 0 Å². The summed E-state index contributed by atoms with van der Waals surface area (Å²) in [5.41, 5.74) is 1.27. The molecule has 1 N–H and O–H groups in total. The second kappa shape index (κ2) is 4.55.